The summed E-state index contributed by atoms with van der Waals surface area (Å²) in [5.74, 6) is -1.48. The molecule has 0 spiro atoms. The first-order valence-electron chi connectivity index (χ1n) is 11.0. The highest BCUT2D eigenvalue weighted by Crippen LogP contribution is 2.43. The third-order valence-electron chi connectivity index (χ3n) is 5.67. The largest absolute Gasteiger partial charge is 0.466 e. The van der Waals surface area contributed by atoms with Crippen LogP contribution in [-0.2, 0) is 19.1 Å². The number of hydrogen-bond acceptors (Lipinski definition) is 8. The van der Waals surface area contributed by atoms with E-state index >= 15 is 0 Å². The fourth-order valence-electron chi connectivity index (χ4n) is 4.09. The van der Waals surface area contributed by atoms with Crippen molar-refractivity contribution < 1.29 is 23.8 Å². The summed E-state index contributed by atoms with van der Waals surface area (Å²) >= 11 is 0. The van der Waals surface area contributed by atoms with Crippen molar-refractivity contribution in [1.82, 2.24) is 0 Å². The molecule has 4 rings (SSSR count). The molecule has 1 atom stereocenters. The van der Waals surface area contributed by atoms with E-state index in [1.165, 1.54) is 19.1 Å². The molecule has 1 heterocycles. The minimum absolute atomic E-state index is 0.0173. The molecule has 180 valence electrons. The van der Waals surface area contributed by atoms with Gasteiger partial charge in [0.15, 0.2) is 0 Å². The molecule has 8 nitrogen and oxygen atoms in total. The second-order valence-corrected chi connectivity index (χ2v) is 7.75. The molecule has 0 saturated heterocycles. The molecule has 36 heavy (non-hydrogen) atoms. The normalized spacial score (nSPS) is 15.2. The van der Waals surface area contributed by atoms with Crippen molar-refractivity contribution in [3.8, 4) is 17.6 Å². The second kappa shape index (κ2) is 10.5. The van der Waals surface area contributed by atoms with Crippen LogP contribution in [0.4, 0.5) is 5.69 Å². The quantitative estimate of drug-likeness (QED) is 0.516. The number of esters is 2. The number of rotatable bonds is 6. The fraction of sp³-hybridized carbons (Fsp3) is 0.107. The lowest BCUT2D eigenvalue weighted by Crippen LogP contribution is -2.40. The molecule has 2 N–H and O–H groups in total. The molecule has 0 saturated carbocycles. The summed E-state index contributed by atoms with van der Waals surface area (Å²) in [6.45, 7) is 0. The van der Waals surface area contributed by atoms with Crippen LogP contribution in [0.3, 0.4) is 0 Å². The Hall–Kier alpha value is -5.03. The van der Waals surface area contributed by atoms with E-state index in [-0.39, 0.29) is 22.7 Å². The Morgan fingerprint density at radius 2 is 1.47 bits per heavy atom. The summed E-state index contributed by atoms with van der Waals surface area (Å²) < 4.78 is 16.0. The van der Waals surface area contributed by atoms with Crippen molar-refractivity contribution in [2.45, 2.75) is 5.92 Å². The average Bonchev–Trinajstić information content (AvgIpc) is 2.92. The maximum atomic E-state index is 13.2. The molecule has 0 amide bonds. The van der Waals surface area contributed by atoms with Crippen molar-refractivity contribution in [2.24, 2.45) is 5.73 Å². The van der Waals surface area contributed by atoms with Crippen LogP contribution in [0.15, 0.2) is 108 Å². The molecule has 3 aromatic carbocycles. The number of carbonyl (C=O) groups excluding carboxylic acids is 2. The number of nitriles is 1. The van der Waals surface area contributed by atoms with Gasteiger partial charge in [-0.05, 0) is 29.8 Å². The minimum Gasteiger partial charge on any atom is -0.466 e. The Kier molecular flexibility index (Phi) is 7.02. The molecule has 0 fully saturated rings. The Labute approximate surface area is 208 Å². The van der Waals surface area contributed by atoms with Crippen LogP contribution in [0.2, 0.25) is 0 Å². The first-order valence-corrected chi connectivity index (χ1v) is 11.0. The van der Waals surface area contributed by atoms with Gasteiger partial charge >= 0.3 is 11.9 Å². The molecule has 0 radical (unpaired) electrons. The predicted molar refractivity (Wildman–Crippen MR) is 133 cm³/mol. The highest BCUT2D eigenvalue weighted by atomic mass is 16.5. The molecule has 1 aliphatic heterocycles. The van der Waals surface area contributed by atoms with Gasteiger partial charge in [-0.15, -0.1) is 0 Å². The van der Waals surface area contributed by atoms with Gasteiger partial charge in [0.2, 0.25) is 0 Å². The molecular weight excluding hydrogens is 458 g/mol. The van der Waals surface area contributed by atoms with Gasteiger partial charge in [-0.2, -0.15) is 5.26 Å². The van der Waals surface area contributed by atoms with Gasteiger partial charge in [0.1, 0.15) is 23.0 Å². The van der Waals surface area contributed by atoms with E-state index in [1.807, 2.05) is 18.2 Å². The van der Waals surface area contributed by atoms with Crippen LogP contribution in [0.5, 0.6) is 11.5 Å². The van der Waals surface area contributed by atoms with Crippen molar-refractivity contribution in [3.05, 3.63) is 113 Å². The van der Waals surface area contributed by atoms with E-state index in [0.29, 0.717) is 22.7 Å². The first kappa shape index (κ1) is 24.1. The molecule has 0 aliphatic carbocycles. The number of ether oxygens (including phenoxy) is 3. The molecule has 1 aliphatic rings. The highest BCUT2D eigenvalue weighted by Gasteiger charge is 2.43. The summed E-state index contributed by atoms with van der Waals surface area (Å²) in [6, 6.07) is 26.9. The number of hydrogen-bond donors (Lipinski definition) is 1. The van der Waals surface area contributed by atoms with E-state index in [4.69, 9.17) is 19.9 Å². The minimum atomic E-state index is -0.933. The maximum absolute atomic E-state index is 13.2. The van der Waals surface area contributed by atoms with E-state index in [1.54, 1.807) is 66.7 Å². The summed E-state index contributed by atoms with van der Waals surface area (Å²) in [4.78, 5) is 27.6. The summed E-state index contributed by atoms with van der Waals surface area (Å²) in [6.07, 6.45) is 0. The van der Waals surface area contributed by atoms with Crippen LogP contribution in [-0.4, -0.2) is 26.2 Å². The standard InChI is InChI=1S/C28H23N3O5/c1-34-27(32)24-23(18-10-5-3-6-11-18)22(17-29)26(30)31(25(24)28(33)35-2)19-12-9-15-21(16-19)36-20-13-7-4-8-14-20/h3-16,23H,30H2,1-2H3. The lowest BCUT2D eigenvalue weighted by Gasteiger charge is -2.36. The lowest BCUT2D eigenvalue weighted by molar-refractivity contribution is -0.139. The predicted octanol–water partition coefficient (Wildman–Crippen LogP) is 4.38. The van der Waals surface area contributed by atoms with E-state index in [2.05, 4.69) is 6.07 Å². The van der Waals surface area contributed by atoms with E-state index in [9.17, 15) is 14.9 Å². The Morgan fingerprint density at radius 3 is 2.08 bits per heavy atom. The lowest BCUT2D eigenvalue weighted by atomic mass is 9.81. The highest BCUT2D eigenvalue weighted by molar-refractivity contribution is 6.06. The number of allylic oxidation sites excluding steroid dienone is 1. The second-order valence-electron chi connectivity index (χ2n) is 7.75. The zero-order valence-electron chi connectivity index (χ0n) is 19.7. The van der Waals surface area contributed by atoms with Crippen LogP contribution >= 0.6 is 0 Å². The van der Waals surface area contributed by atoms with Crippen molar-refractivity contribution in [2.75, 3.05) is 19.1 Å². The van der Waals surface area contributed by atoms with Crippen LogP contribution in [0, 0.1) is 11.3 Å². The van der Waals surface area contributed by atoms with Gasteiger partial charge < -0.3 is 19.9 Å². The molecule has 3 aromatic rings. The average molecular weight is 482 g/mol. The topological polar surface area (TPSA) is 115 Å². The van der Waals surface area contributed by atoms with Gasteiger partial charge in [-0.1, -0.05) is 54.6 Å². The van der Waals surface area contributed by atoms with Crippen molar-refractivity contribution in [3.63, 3.8) is 0 Å². The van der Waals surface area contributed by atoms with Crippen LogP contribution in [0.1, 0.15) is 11.5 Å². The first-order chi connectivity index (χ1) is 17.5. The fourth-order valence-corrected chi connectivity index (χ4v) is 4.09. The smallest absolute Gasteiger partial charge is 0.355 e. The van der Waals surface area contributed by atoms with Gasteiger partial charge in [0.25, 0.3) is 0 Å². The number of anilines is 1. The number of benzene rings is 3. The molecule has 8 heteroatoms. The Balaban J connectivity index is 1.94. The zero-order valence-corrected chi connectivity index (χ0v) is 19.7. The van der Waals surface area contributed by atoms with Crippen molar-refractivity contribution >= 4 is 17.6 Å². The van der Waals surface area contributed by atoms with Crippen LogP contribution in [0.25, 0.3) is 0 Å². The SMILES string of the molecule is COC(=O)C1=C(C(=O)OC)N(c2cccc(Oc3ccccc3)c2)C(N)=C(C#N)C1c1ccccc1. The number of methoxy groups -OCH3 is 2. The summed E-state index contributed by atoms with van der Waals surface area (Å²) in [7, 11) is 2.41. The zero-order chi connectivity index (χ0) is 25.7. The van der Waals surface area contributed by atoms with E-state index in [0.717, 1.165) is 0 Å². The van der Waals surface area contributed by atoms with Crippen LogP contribution < -0.4 is 15.4 Å². The third kappa shape index (κ3) is 4.50. The van der Waals surface area contributed by atoms with Crippen molar-refractivity contribution in [1.29, 1.82) is 5.26 Å². The summed E-state index contributed by atoms with van der Waals surface area (Å²) in [5.41, 5.74) is 7.40. The monoisotopic (exact) mass is 481 g/mol. The number of carbonyl (C=O) groups is 2. The molecular formula is C28H23N3O5. The molecule has 1 unspecified atom stereocenters. The molecule has 0 bridgehead atoms. The van der Waals surface area contributed by atoms with Gasteiger partial charge in [0, 0.05) is 6.07 Å². The van der Waals surface area contributed by atoms with Gasteiger partial charge in [0.05, 0.1) is 43.0 Å². The summed E-state index contributed by atoms with van der Waals surface area (Å²) in [5, 5.41) is 10.1. The Bertz CT molecular complexity index is 1390. The molecule has 0 aromatic heterocycles. The third-order valence-corrected chi connectivity index (χ3v) is 5.67. The van der Waals surface area contributed by atoms with E-state index < -0.39 is 17.9 Å². The maximum Gasteiger partial charge on any atom is 0.355 e. The number of nitrogens with zero attached hydrogens (tertiary/aromatic N) is 2. The number of nitrogens with two attached hydrogens (primary N) is 1. The number of para-hydroxylation sites is 1. The Morgan fingerprint density at radius 1 is 0.861 bits per heavy atom. The van der Waals surface area contributed by atoms with Gasteiger partial charge in [-0.3, -0.25) is 4.90 Å². The van der Waals surface area contributed by atoms with Gasteiger partial charge in [-0.25, -0.2) is 9.59 Å².